The van der Waals surface area contributed by atoms with Gasteiger partial charge in [0.25, 0.3) is 0 Å². The van der Waals surface area contributed by atoms with Crippen molar-refractivity contribution in [3.05, 3.63) is 22.6 Å². The Morgan fingerprint density at radius 1 is 0.871 bits per heavy atom. The van der Waals surface area contributed by atoms with Gasteiger partial charge < -0.3 is 14.2 Å². The maximum absolute atomic E-state index is 10.9. The Morgan fingerprint density at radius 2 is 1.29 bits per heavy atom. The molecule has 0 radical (unpaired) electrons. The van der Waals surface area contributed by atoms with Gasteiger partial charge in [-0.2, -0.15) is 29.5 Å². The average Bonchev–Trinajstić information content (AvgIpc) is 2.71. The van der Waals surface area contributed by atoms with Crippen LogP contribution < -0.4 is 19.9 Å². The summed E-state index contributed by atoms with van der Waals surface area (Å²) < 4.78 is 49.4. The molecule has 0 unspecified atom stereocenters. The smallest absolute Gasteiger partial charge is 0.397 e. The summed E-state index contributed by atoms with van der Waals surface area (Å²) in [7, 11) is -4.71. The van der Waals surface area contributed by atoms with E-state index in [-0.39, 0.29) is 40.7 Å². The van der Waals surface area contributed by atoms with Crippen LogP contribution in [0, 0.1) is 45.3 Å². The lowest BCUT2D eigenvalue weighted by molar-refractivity contribution is -0.141. The van der Waals surface area contributed by atoms with E-state index in [1.54, 1.807) is 24.3 Å². The summed E-state index contributed by atoms with van der Waals surface area (Å²) in [5, 5.41) is 36.7. The van der Waals surface area contributed by atoms with Crippen molar-refractivity contribution in [3.8, 4) is 35.8 Å². The second-order valence-corrected chi connectivity index (χ2v) is 6.42. The molecule has 1 aromatic rings. The number of hydrogen-bond donors (Lipinski definition) is 1. The molecular formula is C18H14N4O8S. The van der Waals surface area contributed by atoms with Crippen molar-refractivity contribution in [2.24, 2.45) is 0 Å². The molecule has 0 aliphatic carbocycles. The zero-order chi connectivity index (χ0) is 23.4. The van der Waals surface area contributed by atoms with E-state index in [2.05, 4.69) is 4.18 Å². The average molecular weight is 446 g/mol. The van der Waals surface area contributed by atoms with Gasteiger partial charge in [-0.25, -0.2) is 4.18 Å². The molecule has 1 N–H and O–H groups in total. The molecule has 0 saturated heterocycles. The number of nitriles is 4. The first-order chi connectivity index (χ1) is 14.7. The Balaban J connectivity index is 3.53. The first kappa shape index (κ1) is 24.9. The van der Waals surface area contributed by atoms with Crippen molar-refractivity contribution in [3.63, 3.8) is 0 Å². The lowest BCUT2D eigenvalue weighted by Gasteiger charge is -2.11. The van der Waals surface area contributed by atoms with Crippen LogP contribution in [-0.2, 0) is 24.1 Å². The Kier molecular flexibility index (Phi) is 9.45. The number of nitrogens with zero attached hydrogens (tertiary/aromatic N) is 4. The second kappa shape index (κ2) is 11.8. The lowest BCUT2D eigenvalue weighted by Crippen LogP contribution is -2.23. The maximum atomic E-state index is 10.9. The van der Waals surface area contributed by atoms with Gasteiger partial charge in [0.1, 0.15) is 73.3 Å². The summed E-state index contributed by atoms with van der Waals surface area (Å²) in [6, 6.07) is 8.98. The lowest BCUT2D eigenvalue weighted by atomic mass is 10.1. The third-order valence-corrected chi connectivity index (χ3v) is 3.75. The van der Waals surface area contributed by atoms with E-state index >= 15 is 0 Å². The zero-order valence-electron chi connectivity index (χ0n) is 16.0. The molecule has 0 saturated carbocycles. The summed E-state index contributed by atoms with van der Waals surface area (Å²) in [6.07, 6.45) is 0. The summed E-state index contributed by atoms with van der Waals surface area (Å²) in [4.78, 5) is 10.9. The quantitative estimate of drug-likeness (QED) is 0.282. The Hall–Kier alpha value is -4.14. The van der Waals surface area contributed by atoms with Crippen LogP contribution >= 0.6 is 0 Å². The van der Waals surface area contributed by atoms with E-state index in [0.717, 1.165) is 6.07 Å². The van der Waals surface area contributed by atoms with Gasteiger partial charge in [0.2, 0.25) is 0 Å². The monoisotopic (exact) mass is 446 g/mol. The number of carbonyl (C=O) groups is 1. The molecule has 0 atom stereocenters. The van der Waals surface area contributed by atoms with Crippen LogP contribution in [0.25, 0.3) is 11.1 Å². The minimum absolute atomic E-state index is 0.0440. The maximum Gasteiger partial charge on any atom is 0.397 e. The van der Waals surface area contributed by atoms with Crippen molar-refractivity contribution in [2.75, 3.05) is 26.4 Å². The topological polar surface area (TPSA) is 204 Å². The first-order valence-corrected chi connectivity index (χ1v) is 9.57. The number of esters is 1. The molecule has 13 heteroatoms. The third kappa shape index (κ3) is 8.01. The highest BCUT2D eigenvalue weighted by Gasteiger charge is 2.12. The molecule has 1 rings (SSSR count). The SMILES string of the molecule is CC(=O)OCCOc1cc(=C(C#N)C#N)c(OCCOS(=O)(=O)O)cc1=C(C#N)C#N. The summed E-state index contributed by atoms with van der Waals surface area (Å²) in [5.74, 6) is -0.765. The Morgan fingerprint density at radius 3 is 1.65 bits per heavy atom. The van der Waals surface area contributed by atoms with Gasteiger partial charge in [0.05, 0.1) is 0 Å². The first-order valence-electron chi connectivity index (χ1n) is 8.20. The van der Waals surface area contributed by atoms with Crippen LogP contribution in [0.1, 0.15) is 6.92 Å². The highest BCUT2D eigenvalue weighted by Crippen LogP contribution is 2.11. The van der Waals surface area contributed by atoms with Gasteiger partial charge in [-0.05, 0) is 12.1 Å². The number of ether oxygens (including phenoxy) is 3. The van der Waals surface area contributed by atoms with E-state index in [1.807, 2.05) is 0 Å². The van der Waals surface area contributed by atoms with Crippen molar-refractivity contribution in [1.29, 1.82) is 21.0 Å². The third-order valence-electron chi connectivity index (χ3n) is 3.29. The predicted octanol–water partition coefficient (Wildman–Crippen LogP) is -0.778. The fourth-order valence-electron chi connectivity index (χ4n) is 2.11. The highest BCUT2D eigenvalue weighted by molar-refractivity contribution is 7.80. The minimum atomic E-state index is -4.71. The number of hydrogen-bond acceptors (Lipinski definition) is 11. The predicted molar refractivity (Wildman–Crippen MR) is 100 cm³/mol. The largest absolute Gasteiger partial charge is 0.490 e. The van der Waals surface area contributed by atoms with Gasteiger partial charge in [-0.3, -0.25) is 9.35 Å². The molecule has 1 aromatic carbocycles. The van der Waals surface area contributed by atoms with E-state index in [1.165, 1.54) is 13.0 Å². The Labute approximate surface area is 176 Å². The fraction of sp³-hybridized carbons (Fsp3) is 0.278. The molecule has 0 heterocycles. The van der Waals surface area contributed by atoms with Crippen LogP contribution in [0.15, 0.2) is 12.1 Å². The summed E-state index contributed by atoms with van der Waals surface area (Å²) >= 11 is 0. The van der Waals surface area contributed by atoms with Crippen LogP contribution in [0.2, 0.25) is 0 Å². The molecule has 0 spiro atoms. The molecule has 0 fully saturated rings. The summed E-state index contributed by atoms with van der Waals surface area (Å²) in [5.41, 5.74) is -0.791. The molecule has 0 aliphatic rings. The van der Waals surface area contributed by atoms with Crippen LogP contribution in [0.5, 0.6) is 11.5 Å². The van der Waals surface area contributed by atoms with Crippen molar-refractivity contribution >= 4 is 27.5 Å². The van der Waals surface area contributed by atoms with Gasteiger partial charge in [-0.1, -0.05) is 0 Å². The molecule has 0 aromatic heterocycles. The molecule has 0 amide bonds. The molecular weight excluding hydrogens is 432 g/mol. The van der Waals surface area contributed by atoms with Gasteiger partial charge in [0.15, 0.2) is 0 Å². The molecule has 0 bridgehead atoms. The second-order valence-electron chi connectivity index (χ2n) is 5.33. The van der Waals surface area contributed by atoms with Crippen molar-refractivity contribution in [1.82, 2.24) is 0 Å². The normalized spacial score (nSPS) is 9.87. The molecule has 0 aliphatic heterocycles. The zero-order valence-corrected chi connectivity index (χ0v) is 16.8. The van der Waals surface area contributed by atoms with E-state index in [0.29, 0.717) is 0 Å². The van der Waals surface area contributed by atoms with Crippen molar-refractivity contribution < 1.29 is 36.2 Å². The van der Waals surface area contributed by atoms with Gasteiger partial charge in [-0.15, -0.1) is 0 Å². The standard InChI is InChI=1S/C18H14N4O8S/c1-12(23)27-2-3-28-17-6-16(14(10-21)11-22)18(7-15(17)13(8-19)9-20)29-4-5-30-31(24,25)26/h6-7H,2-5H2,1H3,(H,24,25,26). The van der Waals surface area contributed by atoms with Crippen LogP contribution in [0.3, 0.4) is 0 Å². The molecule has 31 heavy (non-hydrogen) atoms. The van der Waals surface area contributed by atoms with Crippen LogP contribution in [0.4, 0.5) is 0 Å². The minimum Gasteiger partial charge on any atom is -0.490 e. The van der Waals surface area contributed by atoms with Crippen LogP contribution in [-0.4, -0.2) is 45.4 Å². The van der Waals surface area contributed by atoms with E-state index < -0.39 is 35.2 Å². The molecule has 12 nitrogen and oxygen atoms in total. The van der Waals surface area contributed by atoms with Gasteiger partial charge in [0, 0.05) is 17.4 Å². The van der Waals surface area contributed by atoms with E-state index in [9.17, 15) is 34.3 Å². The Bertz CT molecular complexity index is 1210. The number of benzene rings is 1. The van der Waals surface area contributed by atoms with Crippen molar-refractivity contribution in [2.45, 2.75) is 6.92 Å². The highest BCUT2D eigenvalue weighted by atomic mass is 32.3. The van der Waals surface area contributed by atoms with Gasteiger partial charge >= 0.3 is 16.4 Å². The number of carbonyl (C=O) groups excluding carboxylic acids is 1. The molecule has 160 valence electrons. The fourth-order valence-corrected chi connectivity index (χ4v) is 2.39. The summed E-state index contributed by atoms with van der Waals surface area (Å²) in [6.45, 7) is -0.142. The van der Waals surface area contributed by atoms with E-state index in [4.69, 9.17) is 18.8 Å². The number of rotatable bonds is 9.